The molecule has 2 heterocycles. The van der Waals surface area contributed by atoms with Crippen molar-refractivity contribution in [1.29, 1.82) is 0 Å². The van der Waals surface area contributed by atoms with Gasteiger partial charge < -0.3 is 15.0 Å². The highest BCUT2D eigenvalue weighted by atomic mass is 16.5. The van der Waals surface area contributed by atoms with Gasteiger partial charge in [-0.3, -0.25) is 0 Å². The van der Waals surface area contributed by atoms with Gasteiger partial charge in [0.1, 0.15) is 5.82 Å². The van der Waals surface area contributed by atoms with Crippen LogP contribution < -0.4 is 10.2 Å². The monoisotopic (exact) mass is 263 g/mol. The Kier molecular flexibility index (Phi) is 4.42. The van der Waals surface area contributed by atoms with E-state index in [1.54, 1.807) is 0 Å². The first-order valence-electron chi connectivity index (χ1n) is 7.07. The normalized spacial score (nSPS) is 18.6. The van der Waals surface area contributed by atoms with Crippen molar-refractivity contribution in [3.8, 4) is 0 Å². The predicted molar refractivity (Wildman–Crippen MR) is 78.6 cm³/mol. The van der Waals surface area contributed by atoms with E-state index >= 15 is 0 Å². The molecule has 0 saturated carbocycles. The third-order valence-electron chi connectivity index (χ3n) is 3.42. The summed E-state index contributed by atoms with van der Waals surface area (Å²) >= 11 is 0. The van der Waals surface area contributed by atoms with Crippen molar-refractivity contribution in [2.45, 2.75) is 39.3 Å². The second-order valence-corrected chi connectivity index (χ2v) is 5.74. The van der Waals surface area contributed by atoms with Crippen molar-refractivity contribution in [1.82, 2.24) is 10.3 Å². The number of nitrogens with one attached hydrogen (secondary N) is 1. The zero-order valence-electron chi connectivity index (χ0n) is 12.5. The number of aryl methyl sites for hydroxylation is 1. The van der Waals surface area contributed by atoms with Crippen molar-refractivity contribution in [3.63, 3.8) is 0 Å². The third-order valence-corrected chi connectivity index (χ3v) is 3.42. The number of hydrogen-bond donors (Lipinski definition) is 1. The highest BCUT2D eigenvalue weighted by Gasteiger charge is 2.28. The van der Waals surface area contributed by atoms with E-state index in [2.05, 4.69) is 43.1 Å². The Labute approximate surface area is 116 Å². The number of rotatable bonds is 4. The number of pyridine rings is 1. The van der Waals surface area contributed by atoms with Gasteiger partial charge in [0.15, 0.2) is 0 Å². The lowest BCUT2D eigenvalue weighted by atomic mass is 10.1. The average molecular weight is 263 g/mol. The highest BCUT2D eigenvalue weighted by molar-refractivity contribution is 5.43. The van der Waals surface area contributed by atoms with E-state index < -0.39 is 0 Å². The number of hydrogen-bond acceptors (Lipinski definition) is 4. The number of ether oxygens (including phenoxy) is 1. The molecular formula is C15H25N3O. The van der Waals surface area contributed by atoms with Crippen LogP contribution in [0, 0.1) is 0 Å². The highest BCUT2D eigenvalue weighted by Crippen LogP contribution is 2.23. The Morgan fingerprint density at radius 2 is 2.21 bits per heavy atom. The summed E-state index contributed by atoms with van der Waals surface area (Å²) in [6, 6.07) is 4.38. The SMILES string of the molecule is CCc1cc(CNC)cc(N2CCOC(C)(C)C2)n1. The molecule has 1 aliphatic rings. The molecule has 1 aromatic heterocycles. The fraction of sp³-hybridized carbons (Fsp3) is 0.667. The Balaban J connectivity index is 2.25. The molecule has 1 aliphatic heterocycles. The van der Waals surface area contributed by atoms with E-state index in [-0.39, 0.29) is 5.60 Å². The summed E-state index contributed by atoms with van der Waals surface area (Å²) in [7, 11) is 1.98. The summed E-state index contributed by atoms with van der Waals surface area (Å²) in [6.07, 6.45) is 0.971. The van der Waals surface area contributed by atoms with Crippen LogP contribution in [0.2, 0.25) is 0 Å². The second kappa shape index (κ2) is 5.88. The summed E-state index contributed by atoms with van der Waals surface area (Å²) < 4.78 is 5.77. The van der Waals surface area contributed by atoms with Crippen LogP contribution in [-0.4, -0.2) is 37.3 Å². The molecule has 4 heteroatoms. The van der Waals surface area contributed by atoms with Crippen molar-refractivity contribution in [2.24, 2.45) is 0 Å². The van der Waals surface area contributed by atoms with Gasteiger partial charge in [-0.15, -0.1) is 0 Å². The van der Waals surface area contributed by atoms with E-state index in [1.165, 1.54) is 5.56 Å². The third kappa shape index (κ3) is 3.67. The lowest BCUT2D eigenvalue weighted by Crippen LogP contribution is -2.48. The van der Waals surface area contributed by atoms with Crippen molar-refractivity contribution < 1.29 is 4.74 Å². The van der Waals surface area contributed by atoms with Crippen LogP contribution in [0.15, 0.2) is 12.1 Å². The van der Waals surface area contributed by atoms with Crippen molar-refractivity contribution >= 4 is 5.82 Å². The molecule has 106 valence electrons. The molecule has 1 fully saturated rings. The number of morpholine rings is 1. The van der Waals surface area contributed by atoms with Gasteiger partial charge in [0.2, 0.25) is 0 Å². The molecule has 19 heavy (non-hydrogen) atoms. The molecule has 0 bridgehead atoms. The minimum atomic E-state index is -0.0919. The standard InChI is InChI=1S/C15H25N3O/c1-5-13-8-12(10-16-4)9-14(17-13)18-6-7-19-15(2,3)11-18/h8-9,16H,5-7,10-11H2,1-4H3. The Hall–Kier alpha value is -1.13. The zero-order valence-corrected chi connectivity index (χ0v) is 12.5. The van der Waals surface area contributed by atoms with Gasteiger partial charge in [-0.25, -0.2) is 4.98 Å². The molecule has 0 unspecified atom stereocenters. The maximum atomic E-state index is 5.77. The molecule has 0 aromatic carbocycles. The molecule has 1 saturated heterocycles. The minimum absolute atomic E-state index is 0.0919. The Morgan fingerprint density at radius 3 is 2.84 bits per heavy atom. The first-order valence-corrected chi connectivity index (χ1v) is 7.07. The van der Waals surface area contributed by atoms with Crippen LogP contribution >= 0.6 is 0 Å². The van der Waals surface area contributed by atoms with E-state index in [9.17, 15) is 0 Å². The summed E-state index contributed by atoms with van der Waals surface area (Å²) in [5.41, 5.74) is 2.37. The molecule has 0 amide bonds. The number of aromatic nitrogens is 1. The summed E-state index contributed by atoms with van der Waals surface area (Å²) in [5, 5.41) is 3.21. The van der Waals surface area contributed by atoms with Gasteiger partial charge >= 0.3 is 0 Å². The molecule has 2 rings (SSSR count). The Bertz CT molecular complexity index is 431. The maximum Gasteiger partial charge on any atom is 0.129 e. The molecule has 0 spiro atoms. The minimum Gasteiger partial charge on any atom is -0.372 e. The van der Waals surface area contributed by atoms with Gasteiger partial charge in [-0.2, -0.15) is 0 Å². The first kappa shape index (κ1) is 14.3. The largest absolute Gasteiger partial charge is 0.372 e. The molecule has 0 radical (unpaired) electrons. The zero-order chi connectivity index (χ0) is 13.9. The van der Waals surface area contributed by atoms with E-state index in [1.807, 2.05) is 7.05 Å². The van der Waals surface area contributed by atoms with Crippen LogP contribution in [0.5, 0.6) is 0 Å². The fourth-order valence-corrected chi connectivity index (χ4v) is 2.49. The van der Waals surface area contributed by atoms with Gasteiger partial charge in [-0.1, -0.05) is 6.92 Å². The maximum absolute atomic E-state index is 5.77. The molecule has 1 N–H and O–H groups in total. The van der Waals surface area contributed by atoms with Crippen LogP contribution in [0.4, 0.5) is 5.82 Å². The fourth-order valence-electron chi connectivity index (χ4n) is 2.49. The van der Waals surface area contributed by atoms with E-state index in [0.717, 1.165) is 44.2 Å². The average Bonchev–Trinajstić information content (AvgIpc) is 2.37. The van der Waals surface area contributed by atoms with Crippen molar-refractivity contribution in [2.75, 3.05) is 31.6 Å². The topological polar surface area (TPSA) is 37.4 Å². The summed E-state index contributed by atoms with van der Waals surface area (Å²) in [5.74, 6) is 1.08. The van der Waals surface area contributed by atoms with Gasteiger partial charge in [0.05, 0.1) is 12.2 Å². The van der Waals surface area contributed by atoms with E-state index in [4.69, 9.17) is 9.72 Å². The summed E-state index contributed by atoms with van der Waals surface area (Å²) in [6.45, 7) is 9.89. The predicted octanol–water partition coefficient (Wildman–Crippen LogP) is 1.98. The van der Waals surface area contributed by atoms with Crippen LogP contribution in [0.25, 0.3) is 0 Å². The second-order valence-electron chi connectivity index (χ2n) is 5.74. The van der Waals surface area contributed by atoms with Gasteiger partial charge in [-0.05, 0) is 45.0 Å². The Morgan fingerprint density at radius 1 is 1.42 bits per heavy atom. The number of nitrogens with zero attached hydrogens (tertiary/aromatic N) is 2. The van der Waals surface area contributed by atoms with Crippen molar-refractivity contribution in [3.05, 3.63) is 23.4 Å². The molecular weight excluding hydrogens is 238 g/mol. The van der Waals surface area contributed by atoms with E-state index in [0.29, 0.717) is 0 Å². The summed E-state index contributed by atoms with van der Waals surface area (Å²) in [4.78, 5) is 7.10. The number of anilines is 1. The first-order chi connectivity index (χ1) is 9.04. The lowest BCUT2D eigenvalue weighted by Gasteiger charge is -2.39. The smallest absolute Gasteiger partial charge is 0.129 e. The van der Waals surface area contributed by atoms with Crippen LogP contribution in [-0.2, 0) is 17.7 Å². The van der Waals surface area contributed by atoms with Gasteiger partial charge in [0, 0.05) is 25.3 Å². The molecule has 0 aliphatic carbocycles. The molecule has 1 aromatic rings. The molecule has 4 nitrogen and oxygen atoms in total. The van der Waals surface area contributed by atoms with Crippen LogP contribution in [0.1, 0.15) is 32.0 Å². The lowest BCUT2D eigenvalue weighted by molar-refractivity contribution is -0.0279. The molecule has 0 atom stereocenters. The quantitative estimate of drug-likeness (QED) is 0.901. The van der Waals surface area contributed by atoms with Crippen LogP contribution in [0.3, 0.4) is 0 Å². The van der Waals surface area contributed by atoms with Gasteiger partial charge in [0.25, 0.3) is 0 Å².